The van der Waals surface area contributed by atoms with Crippen molar-refractivity contribution in [3.63, 3.8) is 0 Å². The lowest BCUT2D eigenvalue weighted by Gasteiger charge is -2.36. The molecule has 0 spiro atoms. The maximum Gasteiger partial charge on any atom is 0.260 e. The fraction of sp³-hybridized carbons (Fsp3) is 0. The highest BCUT2D eigenvalue weighted by molar-refractivity contribution is 6.98. The first-order chi connectivity index (χ1) is 24.3. The van der Waals surface area contributed by atoms with Gasteiger partial charge in [-0.2, -0.15) is 5.26 Å². The van der Waals surface area contributed by atoms with Gasteiger partial charge in [-0.1, -0.05) is 109 Å². The molecule has 226 valence electrons. The van der Waals surface area contributed by atoms with Crippen LogP contribution < -0.4 is 25.9 Å². The van der Waals surface area contributed by atoms with Crippen LogP contribution in [0.4, 0.5) is 0 Å². The molecule has 9 aromatic rings. The normalized spacial score (nSPS) is 12.8. The largest absolute Gasteiger partial charge is 0.456 e. The average molecular weight is 625 g/mol. The van der Waals surface area contributed by atoms with Crippen LogP contribution in [-0.4, -0.2) is 15.8 Å². The van der Waals surface area contributed by atoms with E-state index >= 15 is 0 Å². The third-order valence-electron chi connectivity index (χ3n) is 10.3. The summed E-state index contributed by atoms with van der Waals surface area (Å²) < 4.78 is 18.5. The molecule has 6 heteroatoms. The maximum absolute atomic E-state index is 11.5. The molecule has 0 saturated heterocycles. The monoisotopic (exact) mass is 625 g/mol. The predicted octanol–water partition coefficient (Wildman–Crippen LogP) is 8.48. The van der Waals surface area contributed by atoms with Gasteiger partial charge in [0, 0.05) is 27.0 Å². The molecule has 0 unspecified atom stereocenters. The molecule has 0 aliphatic carbocycles. The Hall–Kier alpha value is -6.71. The molecule has 2 aliphatic heterocycles. The third-order valence-corrected chi connectivity index (χ3v) is 10.3. The van der Waals surface area contributed by atoms with Gasteiger partial charge in [0.15, 0.2) is 11.5 Å². The fourth-order valence-corrected chi connectivity index (χ4v) is 8.35. The molecule has 2 aromatic heterocycles. The van der Waals surface area contributed by atoms with Crippen molar-refractivity contribution in [3.05, 3.63) is 151 Å². The van der Waals surface area contributed by atoms with Gasteiger partial charge in [0.25, 0.3) is 6.71 Å². The molecule has 0 amide bonds. The van der Waals surface area contributed by atoms with Crippen LogP contribution >= 0.6 is 0 Å². The summed E-state index contributed by atoms with van der Waals surface area (Å²) in [5.74, 6) is 2.83. The van der Waals surface area contributed by atoms with Gasteiger partial charge < -0.3 is 18.6 Å². The minimum atomic E-state index is -0.175. The van der Waals surface area contributed by atoms with Gasteiger partial charge in [0.2, 0.25) is 0 Å². The number of benzene rings is 7. The van der Waals surface area contributed by atoms with Crippen molar-refractivity contribution in [3.8, 4) is 40.4 Å². The van der Waals surface area contributed by atoms with E-state index in [2.05, 4.69) is 137 Å². The summed E-state index contributed by atoms with van der Waals surface area (Å²) in [5.41, 5.74) is 8.95. The van der Waals surface area contributed by atoms with E-state index in [4.69, 9.17) is 9.47 Å². The summed E-state index contributed by atoms with van der Waals surface area (Å²) in [6, 6.07) is 52.8. The van der Waals surface area contributed by atoms with Crippen molar-refractivity contribution in [2.75, 3.05) is 0 Å². The number of fused-ring (bicyclic) bond motifs is 10. The lowest BCUT2D eigenvalue weighted by molar-refractivity contribution is 0.462. The Morgan fingerprint density at radius 3 is 1.18 bits per heavy atom. The van der Waals surface area contributed by atoms with Crippen LogP contribution in [-0.2, 0) is 0 Å². The van der Waals surface area contributed by atoms with Crippen LogP contribution in [0.15, 0.2) is 146 Å². The van der Waals surface area contributed by atoms with E-state index < -0.39 is 0 Å². The van der Waals surface area contributed by atoms with Crippen LogP contribution in [0, 0.1) is 11.3 Å². The summed E-state index contributed by atoms with van der Waals surface area (Å²) in [7, 11) is 0. The van der Waals surface area contributed by atoms with E-state index in [0.717, 1.165) is 71.5 Å². The Kier molecular flexibility index (Phi) is 5.20. The molecule has 5 nitrogen and oxygen atoms in total. The van der Waals surface area contributed by atoms with Gasteiger partial charge in [0.1, 0.15) is 34.5 Å². The van der Waals surface area contributed by atoms with Crippen molar-refractivity contribution >= 4 is 66.7 Å². The summed E-state index contributed by atoms with van der Waals surface area (Å²) in [6.45, 7) is -0.175. The number of para-hydroxylation sites is 6. The van der Waals surface area contributed by atoms with Crippen LogP contribution in [0.5, 0.6) is 23.0 Å². The number of hydrogen-bond donors (Lipinski definition) is 0. The molecule has 0 bridgehead atoms. The van der Waals surface area contributed by atoms with Gasteiger partial charge in [-0.25, -0.2) is 0 Å². The Morgan fingerprint density at radius 2 is 0.796 bits per heavy atom. The molecule has 0 fully saturated rings. The molecule has 0 radical (unpaired) electrons. The van der Waals surface area contributed by atoms with Gasteiger partial charge >= 0.3 is 0 Å². The Bertz CT molecular complexity index is 2630. The van der Waals surface area contributed by atoms with Crippen molar-refractivity contribution < 1.29 is 9.47 Å². The highest BCUT2D eigenvalue weighted by atomic mass is 16.5. The van der Waals surface area contributed by atoms with Gasteiger partial charge in [-0.15, -0.1) is 0 Å². The van der Waals surface area contributed by atoms with Crippen molar-refractivity contribution in [1.29, 1.82) is 5.26 Å². The summed E-state index contributed by atoms with van der Waals surface area (Å²) >= 11 is 0. The van der Waals surface area contributed by atoms with Crippen molar-refractivity contribution in [2.45, 2.75) is 0 Å². The first kappa shape index (κ1) is 26.4. The van der Waals surface area contributed by atoms with E-state index in [1.165, 1.54) is 0 Å². The number of nitrogens with zero attached hydrogens (tertiary/aromatic N) is 3. The summed E-state index contributed by atoms with van der Waals surface area (Å²) in [4.78, 5) is 0. The van der Waals surface area contributed by atoms with Gasteiger partial charge in [-0.3, -0.25) is 0 Å². The van der Waals surface area contributed by atoms with E-state index in [1.807, 2.05) is 24.3 Å². The Balaban J connectivity index is 1.40. The summed E-state index contributed by atoms with van der Waals surface area (Å²) in [5, 5.41) is 15.9. The fourth-order valence-electron chi connectivity index (χ4n) is 8.35. The molecule has 0 N–H and O–H groups in total. The first-order valence-corrected chi connectivity index (χ1v) is 16.5. The van der Waals surface area contributed by atoms with E-state index in [-0.39, 0.29) is 6.71 Å². The van der Waals surface area contributed by atoms with E-state index in [9.17, 15) is 5.26 Å². The molecular weight excluding hydrogens is 601 g/mol. The minimum Gasteiger partial charge on any atom is -0.456 e. The maximum atomic E-state index is 11.5. The second kappa shape index (κ2) is 9.66. The molecule has 0 atom stereocenters. The average Bonchev–Trinajstić information content (AvgIpc) is 3.67. The first-order valence-electron chi connectivity index (χ1n) is 16.5. The van der Waals surface area contributed by atoms with Crippen molar-refractivity contribution in [1.82, 2.24) is 9.13 Å². The highest BCUT2D eigenvalue weighted by Crippen LogP contribution is 2.48. The van der Waals surface area contributed by atoms with Crippen LogP contribution in [0.3, 0.4) is 0 Å². The van der Waals surface area contributed by atoms with Crippen LogP contribution in [0.25, 0.3) is 55.0 Å². The molecule has 0 saturated carbocycles. The zero-order chi connectivity index (χ0) is 32.2. The lowest BCUT2D eigenvalue weighted by Crippen LogP contribution is -2.57. The number of hydrogen-bond acceptors (Lipinski definition) is 3. The van der Waals surface area contributed by atoms with E-state index in [1.54, 1.807) is 0 Å². The molecule has 7 aromatic carbocycles. The molecular formula is C43H24BN3O2. The van der Waals surface area contributed by atoms with E-state index in [0.29, 0.717) is 28.4 Å². The van der Waals surface area contributed by atoms with Gasteiger partial charge in [-0.05, 0) is 47.3 Å². The zero-order valence-electron chi connectivity index (χ0n) is 26.1. The van der Waals surface area contributed by atoms with Crippen LogP contribution in [0.1, 0.15) is 5.56 Å². The molecule has 4 heterocycles. The number of aromatic nitrogens is 2. The topological polar surface area (TPSA) is 52.1 Å². The number of ether oxygens (including phenoxy) is 2. The van der Waals surface area contributed by atoms with Gasteiger partial charge in [0.05, 0.1) is 22.1 Å². The standard InChI is InChI=1S/C43H24BN3O2/c45-25-30-40(46-33-19-7-1-13-26(33)27-14-2-8-20-34(27)46)42-39-43(41(30)47-35-21-9-3-15-28(35)29-16-4-10-22-36(29)47)49-38-24-12-6-18-32(38)44(39)31-17-5-11-23-37(31)48-42/h1-24H. The molecule has 49 heavy (non-hydrogen) atoms. The number of nitriles is 1. The second-order valence-electron chi connectivity index (χ2n) is 12.7. The molecule has 2 aliphatic rings. The quantitative estimate of drug-likeness (QED) is 0.181. The smallest absolute Gasteiger partial charge is 0.260 e. The van der Waals surface area contributed by atoms with Crippen molar-refractivity contribution in [2.24, 2.45) is 0 Å². The second-order valence-corrected chi connectivity index (χ2v) is 12.7. The Morgan fingerprint density at radius 1 is 0.449 bits per heavy atom. The minimum absolute atomic E-state index is 0.175. The highest BCUT2D eigenvalue weighted by Gasteiger charge is 2.45. The predicted molar refractivity (Wildman–Crippen MR) is 198 cm³/mol. The lowest BCUT2D eigenvalue weighted by atomic mass is 9.34. The third kappa shape index (κ3) is 3.38. The zero-order valence-corrected chi connectivity index (χ0v) is 26.1. The Labute approximate surface area is 281 Å². The SMILES string of the molecule is N#Cc1c(-n2c3ccccc3c3ccccc32)c2c3c(c1-n1c4ccccc4c4ccccc41)Oc1ccccc1B3c1ccccc1O2. The van der Waals surface area contributed by atoms with Crippen LogP contribution in [0.2, 0.25) is 0 Å². The number of rotatable bonds is 2. The summed E-state index contributed by atoms with van der Waals surface area (Å²) in [6.07, 6.45) is 0. The molecule has 11 rings (SSSR count).